The van der Waals surface area contributed by atoms with E-state index in [1.165, 1.54) is 12.7 Å². The Morgan fingerprint density at radius 2 is 2.28 bits per heavy atom. The quantitative estimate of drug-likeness (QED) is 0.897. The molecule has 1 aliphatic rings. The Kier molecular flexibility index (Phi) is 3.48. The molecule has 100 valence electrons. The number of carboxylic acid groups (broad SMARTS) is 1. The summed E-state index contributed by atoms with van der Waals surface area (Å²) in [4.78, 5) is 13.1. The molecule has 0 aliphatic carbocycles. The Bertz CT molecular complexity index is 430. The molecule has 0 spiro atoms. The summed E-state index contributed by atoms with van der Waals surface area (Å²) < 4.78 is 5.29. The minimum Gasteiger partial charge on any atom is -0.478 e. The van der Waals surface area contributed by atoms with E-state index in [0.29, 0.717) is 17.9 Å². The minimum absolute atomic E-state index is 0.233. The summed E-state index contributed by atoms with van der Waals surface area (Å²) in [5.74, 6) is 0.507. The van der Waals surface area contributed by atoms with Crippen LogP contribution < -0.4 is 0 Å². The second-order valence-corrected chi connectivity index (χ2v) is 6.19. The highest BCUT2D eigenvalue weighted by Crippen LogP contribution is 2.34. The van der Waals surface area contributed by atoms with Gasteiger partial charge in [0, 0.05) is 6.54 Å². The largest absolute Gasteiger partial charge is 0.478 e. The van der Waals surface area contributed by atoms with Crippen molar-refractivity contribution in [2.24, 2.45) is 11.3 Å². The standard InChI is InChI=1S/C14H21NO3/c1-14(2,3)11-4-5-15(7-11)8-12-6-10(9-18-12)13(16)17/h6,9,11H,4-5,7-8H2,1-3H3,(H,16,17). The Hall–Kier alpha value is -1.29. The van der Waals surface area contributed by atoms with Crippen molar-refractivity contribution in [3.8, 4) is 0 Å². The van der Waals surface area contributed by atoms with Crippen LogP contribution in [0, 0.1) is 11.3 Å². The Morgan fingerprint density at radius 3 is 2.78 bits per heavy atom. The van der Waals surface area contributed by atoms with Gasteiger partial charge in [0.25, 0.3) is 0 Å². The molecule has 0 saturated carbocycles. The van der Waals surface area contributed by atoms with E-state index in [1.54, 1.807) is 6.07 Å². The molecular weight excluding hydrogens is 230 g/mol. The van der Waals surface area contributed by atoms with Gasteiger partial charge >= 0.3 is 5.97 Å². The van der Waals surface area contributed by atoms with Crippen molar-refractivity contribution < 1.29 is 14.3 Å². The van der Waals surface area contributed by atoms with E-state index in [2.05, 4.69) is 25.7 Å². The van der Waals surface area contributed by atoms with Crippen LogP contribution >= 0.6 is 0 Å². The van der Waals surface area contributed by atoms with E-state index in [1.807, 2.05) is 0 Å². The number of rotatable bonds is 3. The molecule has 1 aliphatic heterocycles. The molecule has 4 heteroatoms. The van der Waals surface area contributed by atoms with E-state index in [0.717, 1.165) is 18.8 Å². The van der Waals surface area contributed by atoms with E-state index in [4.69, 9.17) is 9.52 Å². The fourth-order valence-electron chi connectivity index (χ4n) is 2.48. The average molecular weight is 251 g/mol. The number of carboxylic acids is 1. The third-order valence-electron chi connectivity index (χ3n) is 3.78. The monoisotopic (exact) mass is 251 g/mol. The maximum atomic E-state index is 10.8. The number of likely N-dealkylation sites (tertiary alicyclic amines) is 1. The summed E-state index contributed by atoms with van der Waals surface area (Å²) in [5, 5.41) is 8.83. The van der Waals surface area contributed by atoms with Gasteiger partial charge < -0.3 is 9.52 Å². The molecule has 2 heterocycles. The van der Waals surface area contributed by atoms with Gasteiger partial charge in [0.2, 0.25) is 0 Å². The van der Waals surface area contributed by atoms with Crippen LogP contribution in [-0.4, -0.2) is 29.1 Å². The van der Waals surface area contributed by atoms with E-state index >= 15 is 0 Å². The molecule has 4 nitrogen and oxygen atoms in total. The van der Waals surface area contributed by atoms with Crippen LogP contribution in [0.3, 0.4) is 0 Å². The molecule has 0 amide bonds. The first-order chi connectivity index (χ1) is 8.36. The number of aromatic carboxylic acids is 1. The molecule has 1 aromatic heterocycles. The van der Waals surface area contributed by atoms with Crippen molar-refractivity contribution in [1.29, 1.82) is 0 Å². The van der Waals surface area contributed by atoms with Crippen LogP contribution in [0.4, 0.5) is 0 Å². The number of carbonyl (C=O) groups is 1. The summed E-state index contributed by atoms with van der Waals surface area (Å²) in [5.41, 5.74) is 0.570. The summed E-state index contributed by atoms with van der Waals surface area (Å²) >= 11 is 0. The second kappa shape index (κ2) is 4.76. The van der Waals surface area contributed by atoms with Gasteiger partial charge in [-0.05, 0) is 30.4 Å². The zero-order valence-electron chi connectivity index (χ0n) is 11.3. The van der Waals surface area contributed by atoms with Gasteiger partial charge in [0.05, 0.1) is 12.1 Å². The lowest BCUT2D eigenvalue weighted by atomic mass is 9.80. The van der Waals surface area contributed by atoms with Crippen molar-refractivity contribution in [2.45, 2.75) is 33.7 Å². The molecule has 18 heavy (non-hydrogen) atoms. The molecule has 0 bridgehead atoms. The van der Waals surface area contributed by atoms with Gasteiger partial charge in [-0.15, -0.1) is 0 Å². The highest BCUT2D eigenvalue weighted by atomic mass is 16.4. The molecular formula is C14H21NO3. The van der Waals surface area contributed by atoms with E-state index in [-0.39, 0.29) is 5.56 Å². The fourth-order valence-corrected chi connectivity index (χ4v) is 2.48. The molecule has 0 aromatic carbocycles. The van der Waals surface area contributed by atoms with Crippen LogP contribution in [0.15, 0.2) is 16.7 Å². The summed E-state index contributed by atoms with van der Waals surface area (Å²) in [6, 6.07) is 1.62. The lowest BCUT2D eigenvalue weighted by Crippen LogP contribution is -2.25. The Balaban J connectivity index is 1.93. The topological polar surface area (TPSA) is 53.7 Å². The molecule has 0 radical (unpaired) electrons. The fraction of sp³-hybridized carbons (Fsp3) is 0.643. The van der Waals surface area contributed by atoms with Gasteiger partial charge in [-0.1, -0.05) is 20.8 Å². The summed E-state index contributed by atoms with van der Waals surface area (Å²) in [7, 11) is 0. The maximum absolute atomic E-state index is 10.8. The summed E-state index contributed by atoms with van der Waals surface area (Å²) in [6.07, 6.45) is 2.52. The van der Waals surface area contributed by atoms with E-state index < -0.39 is 5.97 Å². The van der Waals surface area contributed by atoms with E-state index in [9.17, 15) is 4.79 Å². The highest BCUT2D eigenvalue weighted by Gasteiger charge is 2.31. The number of hydrogen-bond acceptors (Lipinski definition) is 3. The number of hydrogen-bond donors (Lipinski definition) is 1. The molecule has 1 atom stereocenters. The zero-order valence-corrected chi connectivity index (χ0v) is 11.3. The van der Waals surface area contributed by atoms with Crippen molar-refractivity contribution in [3.05, 3.63) is 23.7 Å². The molecule has 1 unspecified atom stereocenters. The van der Waals surface area contributed by atoms with Crippen LogP contribution in [0.25, 0.3) is 0 Å². The van der Waals surface area contributed by atoms with Crippen LogP contribution in [-0.2, 0) is 6.54 Å². The SMILES string of the molecule is CC(C)(C)C1CCN(Cc2cc(C(=O)O)co2)C1. The molecule has 2 rings (SSSR count). The minimum atomic E-state index is -0.931. The van der Waals surface area contributed by atoms with Crippen molar-refractivity contribution in [2.75, 3.05) is 13.1 Å². The van der Waals surface area contributed by atoms with Crippen LogP contribution in [0.5, 0.6) is 0 Å². The predicted octanol–water partition coefficient (Wildman–Crippen LogP) is 2.85. The lowest BCUT2D eigenvalue weighted by molar-refractivity contribution is 0.0696. The average Bonchev–Trinajstić information content (AvgIpc) is 2.85. The first kappa shape index (κ1) is 13.1. The third kappa shape index (κ3) is 2.93. The molecule has 1 fully saturated rings. The Labute approximate surface area is 108 Å². The molecule has 1 N–H and O–H groups in total. The van der Waals surface area contributed by atoms with Gasteiger partial charge in [-0.2, -0.15) is 0 Å². The first-order valence-electron chi connectivity index (χ1n) is 6.39. The first-order valence-corrected chi connectivity index (χ1v) is 6.39. The normalized spacial score (nSPS) is 21.4. The van der Waals surface area contributed by atoms with Gasteiger partial charge in [0.1, 0.15) is 12.0 Å². The van der Waals surface area contributed by atoms with Gasteiger partial charge in [0.15, 0.2) is 0 Å². The number of furan rings is 1. The van der Waals surface area contributed by atoms with Crippen molar-refractivity contribution >= 4 is 5.97 Å². The molecule has 1 aromatic rings. The zero-order chi connectivity index (χ0) is 13.3. The maximum Gasteiger partial charge on any atom is 0.338 e. The smallest absolute Gasteiger partial charge is 0.338 e. The van der Waals surface area contributed by atoms with Crippen molar-refractivity contribution in [3.63, 3.8) is 0 Å². The lowest BCUT2D eigenvalue weighted by Gasteiger charge is -2.26. The second-order valence-electron chi connectivity index (χ2n) is 6.19. The third-order valence-corrected chi connectivity index (χ3v) is 3.78. The Morgan fingerprint density at radius 1 is 1.56 bits per heavy atom. The number of nitrogens with zero attached hydrogens (tertiary/aromatic N) is 1. The van der Waals surface area contributed by atoms with Crippen LogP contribution in [0.2, 0.25) is 0 Å². The van der Waals surface area contributed by atoms with Crippen molar-refractivity contribution in [1.82, 2.24) is 4.90 Å². The summed E-state index contributed by atoms with van der Waals surface area (Å²) in [6.45, 7) is 9.65. The predicted molar refractivity (Wildman–Crippen MR) is 68.5 cm³/mol. The van der Waals surface area contributed by atoms with Gasteiger partial charge in [-0.3, -0.25) is 4.90 Å². The van der Waals surface area contributed by atoms with Gasteiger partial charge in [-0.25, -0.2) is 4.79 Å². The highest BCUT2D eigenvalue weighted by molar-refractivity contribution is 5.87. The van der Waals surface area contributed by atoms with Crippen LogP contribution in [0.1, 0.15) is 43.3 Å². The molecule has 1 saturated heterocycles.